The van der Waals surface area contributed by atoms with Gasteiger partial charge in [0.25, 0.3) is 0 Å². The molecule has 0 aliphatic heterocycles. The number of hydrogen-bond donors (Lipinski definition) is 3. The minimum absolute atomic E-state index is 0. The lowest BCUT2D eigenvalue weighted by Gasteiger charge is -2.25. The van der Waals surface area contributed by atoms with Crippen LogP contribution in [0.25, 0.3) is 0 Å². The Hall–Kier alpha value is -0.843. The number of amides is 1. The van der Waals surface area contributed by atoms with Gasteiger partial charge in [-0.2, -0.15) is 0 Å². The first-order chi connectivity index (χ1) is 8.49. The summed E-state index contributed by atoms with van der Waals surface area (Å²) < 4.78 is 16.0. The van der Waals surface area contributed by atoms with Crippen LogP contribution in [0.5, 0.6) is 0 Å². The summed E-state index contributed by atoms with van der Waals surface area (Å²) in [5, 5.41) is 2.41. The normalized spacial score (nSPS) is 10.7. The quantitative estimate of drug-likeness (QED) is 0.460. The Morgan fingerprint density at radius 1 is 1.26 bits per heavy atom. The lowest BCUT2D eigenvalue weighted by molar-refractivity contribution is -0.125. The second kappa shape index (κ2) is 11.0. The Balaban J connectivity index is 0. The van der Waals surface area contributed by atoms with Crippen LogP contribution in [0.2, 0.25) is 6.04 Å². The van der Waals surface area contributed by atoms with Crippen LogP contribution in [-0.4, -0.2) is 54.4 Å². The molecule has 0 aromatic heterocycles. The number of hydrogen-bond acceptors (Lipinski definition) is 7. The fourth-order valence-electron chi connectivity index (χ4n) is 1.26. The van der Waals surface area contributed by atoms with E-state index in [1.807, 2.05) is 0 Å². The van der Waals surface area contributed by atoms with Crippen molar-refractivity contribution in [2.24, 2.45) is 5.73 Å². The monoisotopic (exact) mass is 295 g/mol. The first-order valence-electron chi connectivity index (χ1n) is 5.70. The van der Waals surface area contributed by atoms with Crippen molar-refractivity contribution in [2.45, 2.75) is 19.4 Å². The molecule has 0 saturated carbocycles. The van der Waals surface area contributed by atoms with E-state index in [1.165, 1.54) is 21.1 Å². The molecule has 0 heterocycles. The molecular formula is C10H25N3O5Si. The summed E-state index contributed by atoms with van der Waals surface area (Å²) in [6.45, 7) is 1.66. The topological polar surface area (TPSA) is 135 Å². The third kappa shape index (κ3) is 8.81. The zero-order valence-corrected chi connectivity index (χ0v) is 12.9. The molecule has 0 fully saturated rings. The molecule has 0 spiro atoms. The second-order valence-corrected chi connectivity index (χ2v) is 6.69. The van der Waals surface area contributed by atoms with Crippen molar-refractivity contribution in [3.63, 3.8) is 0 Å². The summed E-state index contributed by atoms with van der Waals surface area (Å²) in [6, 6.07) is 0.559. The van der Waals surface area contributed by atoms with E-state index in [2.05, 4.69) is 5.32 Å². The number of rotatable bonds is 10. The predicted molar refractivity (Wildman–Crippen MR) is 72.9 cm³/mol. The standard InChI is InChI=1S/C10H22N2O5Si.H3N/c1-9(13)12-7-10(14)8-17-18(15-2,16-3)6-4-5-11;/h4-8,11H2,1-3H3,(H,12,13);1H3. The minimum Gasteiger partial charge on any atom is -0.377 e. The molecule has 9 heteroatoms. The van der Waals surface area contributed by atoms with Gasteiger partial charge in [-0.1, -0.05) is 0 Å². The summed E-state index contributed by atoms with van der Waals surface area (Å²) in [4.78, 5) is 22.1. The highest BCUT2D eigenvalue weighted by Gasteiger charge is 2.38. The lowest BCUT2D eigenvalue weighted by Crippen LogP contribution is -2.46. The van der Waals surface area contributed by atoms with E-state index in [4.69, 9.17) is 19.0 Å². The summed E-state index contributed by atoms with van der Waals surface area (Å²) in [7, 11) is 0.184. The van der Waals surface area contributed by atoms with Crippen LogP contribution in [-0.2, 0) is 22.9 Å². The number of nitrogens with two attached hydrogens (primary N) is 1. The van der Waals surface area contributed by atoms with E-state index in [0.717, 1.165) is 0 Å². The molecule has 19 heavy (non-hydrogen) atoms. The van der Waals surface area contributed by atoms with Crippen molar-refractivity contribution in [3.05, 3.63) is 0 Å². The van der Waals surface area contributed by atoms with Crippen molar-refractivity contribution in [3.8, 4) is 0 Å². The minimum atomic E-state index is -2.80. The molecule has 0 aromatic carbocycles. The van der Waals surface area contributed by atoms with Gasteiger partial charge in [0.1, 0.15) is 0 Å². The molecule has 0 saturated heterocycles. The van der Waals surface area contributed by atoms with Crippen LogP contribution < -0.4 is 17.2 Å². The summed E-state index contributed by atoms with van der Waals surface area (Å²) >= 11 is 0. The first kappa shape index (κ1) is 20.5. The number of ketones is 1. The molecule has 8 nitrogen and oxygen atoms in total. The molecule has 0 aliphatic carbocycles. The molecule has 0 bridgehead atoms. The van der Waals surface area contributed by atoms with Gasteiger partial charge in [-0.05, 0) is 13.0 Å². The molecule has 0 aliphatic rings. The van der Waals surface area contributed by atoms with E-state index in [1.54, 1.807) is 0 Å². The van der Waals surface area contributed by atoms with Crippen LogP contribution in [0.4, 0.5) is 0 Å². The van der Waals surface area contributed by atoms with E-state index in [-0.39, 0.29) is 31.0 Å². The second-order valence-electron chi connectivity index (χ2n) is 3.72. The fraction of sp³-hybridized carbons (Fsp3) is 0.800. The average molecular weight is 295 g/mol. The van der Waals surface area contributed by atoms with Gasteiger partial charge in [-0.3, -0.25) is 9.59 Å². The Labute approximate surface area is 114 Å². The number of carbonyl (C=O) groups excluding carboxylic acids is 2. The Bertz CT molecular complexity index is 274. The highest BCUT2D eigenvalue weighted by Crippen LogP contribution is 2.15. The Morgan fingerprint density at radius 3 is 2.26 bits per heavy atom. The predicted octanol–water partition coefficient (Wildman–Crippen LogP) is -0.549. The Kier molecular flexibility index (Phi) is 11.9. The molecule has 0 radical (unpaired) electrons. The van der Waals surface area contributed by atoms with Crippen molar-refractivity contribution in [1.82, 2.24) is 11.5 Å². The van der Waals surface area contributed by atoms with Gasteiger partial charge >= 0.3 is 8.80 Å². The third-order valence-electron chi connectivity index (χ3n) is 2.30. The Morgan fingerprint density at radius 2 is 1.84 bits per heavy atom. The highest BCUT2D eigenvalue weighted by atomic mass is 28.4. The van der Waals surface area contributed by atoms with Gasteiger partial charge < -0.3 is 30.5 Å². The maximum absolute atomic E-state index is 11.4. The molecule has 0 atom stereocenters. The summed E-state index contributed by atoms with van der Waals surface area (Å²) in [6.07, 6.45) is 0.702. The number of nitrogens with one attached hydrogen (secondary N) is 1. The zero-order valence-electron chi connectivity index (χ0n) is 11.9. The maximum Gasteiger partial charge on any atom is 0.500 e. The van der Waals surface area contributed by atoms with Crippen LogP contribution in [0, 0.1) is 0 Å². The van der Waals surface area contributed by atoms with Crippen molar-refractivity contribution in [1.29, 1.82) is 0 Å². The first-order valence-corrected chi connectivity index (χ1v) is 7.63. The van der Waals surface area contributed by atoms with Crippen molar-refractivity contribution < 1.29 is 22.9 Å². The third-order valence-corrected chi connectivity index (χ3v) is 5.09. The van der Waals surface area contributed by atoms with Gasteiger partial charge in [-0.15, -0.1) is 0 Å². The molecule has 0 rings (SSSR count). The van der Waals surface area contributed by atoms with E-state index >= 15 is 0 Å². The largest absolute Gasteiger partial charge is 0.500 e. The van der Waals surface area contributed by atoms with Crippen molar-refractivity contribution >= 4 is 20.5 Å². The van der Waals surface area contributed by atoms with Crippen LogP contribution >= 0.6 is 0 Å². The highest BCUT2D eigenvalue weighted by molar-refractivity contribution is 6.60. The average Bonchev–Trinajstić information content (AvgIpc) is 2.37. The molecule has 114 valence electrons. The van der Waals surface area contributed by atoms with Gasteiger partial charge in [0.05, 0.1) is 13.2 Å². The zero-order chi connectivity index (χ0) is 14.0. The maximum atomic E-state index is 11.4. The van der Waals surface area contributed by atoms with Crippen LogP contribution in [0.3, 0.4) is 0 Å². The molecule has 1 amide bonds. The summed E-state index contributed by atoms with van der Waals surface area (Å²) in [5.74, 6) is -0.489. The van der Waals surface area contributed by atoms with Gasteiger partial charge in [0.2, 0.25) is 5.91 Å². The SMILES string of the molecule is CO[Si](CCCN)(OC)OCC(=O)CNC(C)=O.N. The van der Waals surface area contributed by atoms with E-state index in [9.17, 15) is 9.59 Å². The van der Waals surface area contributed by atoms with E-state index < -0.39 is 8.80 Å². The summed E-state index contributed by atoms with van der Waals surface area (Å²) in [5.41, 5.74) is 5.42. The molecule has 0 aromatic rings. The van der Waals surface area contributed by atoms with Crippen molar-refractivity contribution in [2.75, 3.05) is 33.9 Å². The molecular weight excluding hydrogens is 270 g/mol. The van der Waals surface area contributed by atoms with E-state index in [0.29, 0.717) is 19.0 Å². The lowest BCUT2D eigenvalue weighted by atomic mass is 10.4. The number of carbonyl (C=O) groups is 2. The molecule has 6 N–H and O–H groups in total. The molecule has 0 unspecified atom stereocenters. The fourth-order valence-corrected chi connectivity index (χ4v) is 3.23. The number of Topliss-reactive ketones (excluding diaryl/α,β-unsaturated/α-hetero) is 1. The van der Waals surface area contributed by atoms with Crippen LogP contribution in [0.1, 0.15) is 13.3 Å². The van der Waals surface area contributed by atoms with Gasteiger partial charge in [-0.25, -0.2) is 0 Å². The van der Waals surface area contributed by atoms with Gasteiger partial charge in [0, 0.05) is 27.2 Å². The smallest absolute Gasteiger partial charge is 0.377 e. The van der Waals surface area contributed by atoms with Gasteiger partial charge in [0.15, 0.2) is 5.78 Å². The van der Waals surface area contributed by atoms with Crippen LogP contribution in [0.15, 0.2) is 0 Å².